The molecule has 0 saturated heterocycles. The maximum absolute atomic E-state index is 14.3. The number of carbonyl (C=O) groups is 2. The van der Waals surface area contributed by atoms with Crippen LogP contribution in [-0.4, -0.2) is 33.3 Å². The number of carboxylic acids is 2. The molecule has 2 N–H and O–H groups in total. The van der Waals surface area contributed by atoms with E-state index >= 15 is 0 Å². The van der Waals surface area contributed by atoms with Crippen molar-refractivity contribution in [2.75, 3.05) is 6.61 Å². The van der Waals surface area contributed by atoms with Crippen molar-refractivity contribution in [3.63, 3.8) is 0 Å². The Morgan fingerprint density at radius 1 is 1.43 bits per heavy atom. The molecule has 7 nitrogen and oxygen atoms in total. The zero-order valence-corrected chi connectivity index (χ0v) is 12.0. The predicted molar refractivity (Wildman–Crippen MR) is 76.7 cm³/mol. The van der Waals surface area contributed by atoms with Gasteiger partial charge in [-0.15, -0.1) is 0 Å². The SMILES string of the molecule is C[C@H]1COc2c(CC(=O)O)c(F)cc3c(=O)c(C(=O)O)cn1c23. The van der Waals surface area contributed by atoms with Crippen LogP contribution < -0.4 is 10.2 Å². The molecule has 23 heavy (non-hydrogen) atoms. The van der Waals surface area contributed by atoms with E-state index in [1.54, 1.807) is 6.92 Å². The van der Waals surface area contributed by atoms with Gasteiger partial charge < -0.3 is 19.5 Å². The molecule has 0 aliphatic carbocycles. The third-order valence-corrected chi connectivity index (χ3v) is 3.82. The molecule has 0 unspecified atom stereocenters. The van der Waals surface area contributed by atoms with E-state index < -0.39 is 35.2 Å². The van der Waals surface area contributed by atoms with E-state index in [1.165, 1.54) is 10.8 Å². The van der Waals surface area contributed by atoms with Crippen molar-refractivity contribution in [3.8, 4) is 5.75 Å². The summed E-state index contributed by atoms with van der Waals surface area (Å²) in [6, 6.07) is 0.593. The summed E-state index contributed by atoms with van der Waals surface area (Å²) in [5.74, 6) is -3.57. The standard InChI is InChI=1S/C15H12FNO6/c1-6-5-23-14-7(3-11(18)19)10(16)2-8-12(14)17(6)4-9(13(8)20)15(21)22/h2,4,6H,3,5H2,1H3,(H,18,19)(H,21,22)/t6-/m0/s1. The first-order valence-electron chi connectivity index (χ1n) is 6.79. The number of nitrogens with zero attached hydrogens (tertiary/aromatic N) is 1. The van der Waals surface area contributed by atoms with Crippen molar-refractivity contribution in [1.29, 1.82) is 0 Å². The van der Waals surface area contributed by atoms with E-state index in [9.17, 15) is 18.8 Å². The summed E-state index contributed by atoms with van der Waals surface area (Å²) in [6.07, 6.45) is 0.590. The molecule has 2 heterocycles. The van der Waals surface area contributed by atoms with Gasteiger partial charge in [-0.1, -0.05) is 0 Å². The lowest BCUT2D eigenvalue weighted by Gasteiger charge is -2.28. The molecule has 0 bridgehead atoms. The van der Waals surface area contributed by atoms with Gasteiger partial charge in [-0.2, -0.15) is 0 Å². The average molecular weight is 321 g/mol. The Kier molecular flexibility index (Phi) is 3.32. The van der Waals surface area contributed by atoms with Gasteiger partial charge in [0.1, 0.15) is 18.0 Å². The number of hydrogen-bond acceptors (Lipinski definition) is 4. The molecular weight excluding hydrogens is 309 g/mol. The summed E-state index contributed by atoms with van der Waals surface area (Å²) < 4.78 is 21.2. The number of rotatable bonds is 3. The van der Waals surface area contributed by atoms with Crippen molar-refractivity contribution in [2.24, 2.45) is 0 Å². The highest BCUT2D eigenvalue weighted by Gasteiger charge is 2.28. The number of aliphatic carboxylic acids is 1. The van der Waals surface area contributed by atoms with E-state index in [1.807, 2.05) is 0 Å². The molecule has 1 aromatic carbocycles. The molecule has 1 aliphatic rings. The first kappa shape index (κ1) is 15.0. The molecule has 1 aliphatic heterocycles. The maximum Gasteiger partial charge on any atom is 0.341 e. The predicted octanol–water partition coefficient (Wildman–Crippen LogP) is 1.42. The largest absolute Gasteiger partial charge is 0.489 e. The number of pyridine rings is 1. The van der Waals surface area contributed by atoms with Crippen LogP contribution in [0.2, 0.25) is 0 Å². The Bertz CT molecular complexity index is 917. The second kappa shape index (κ2) is 5.08. The van der Waals surface area contributed by atoms with Crippen LogP contribution in [0.5, 0.6) is 5.75 Å². The quantitative estimate of drug-likeness (QED) is 0.885. The second-order valence-electron chi connectivity index (χ2n) is 5.38. The molecule has 1 aromatic heterocycles. The molecule has 0 saturated carbocycles. The number of halogens is 1. The topological polar surface area (TPSA) is 106 Å². The minimum Gasteiger partial charge on any atom is -0.489 e. The summed E-state index contributed by atoms with van der Waals surface area (Å²) in [5, 5.41) is 17.9. The van der Waals surface area contributed by atoms with Crippen LogP contribution in [0, 0.1) is 5.82 Å². The highest BCUT2D eigenvalue weighted by atomic mass is 19.1. The number of aromatic nitrogens is 1. The Morgan fingerprint density at radius 2 is 2.13 bits per heavy atom. The first-order chi connectivity index (χ1) is 10.8. The Morgan fingerprint density at radius 3 is 2.74 bits per heavy atom. The minimum absolute atomic E-state index is 0.0189. The monoisotopic (exact) mass is 321 g/mol. The van der Waals surface area contributed by atoms with Crippen LogP contribution in [0.4, 0.5) is 4.39 Å². The molecule has 0 spiro atoms. The van der Waals surface area contributed by atoms with Gasteiger partial charge in [0.05, 0.1) is 23.4 Å². The Balaban J connectivity index is 2.47. The molecule has 0 radical (unpaired) electrons. The molecular formula is C15H12FNO6. The summed E-state index contributed by atoms with van der Waals surface area (Å²) >= 11 is 0. The molecule has 2 aromatic rings. The maximum atomic E-state index is 14.3. The van der Waals surface area contributed by atoms with Gasteiger partial charge >= 0.3 is 11.9 Å². The van der Waals surface area contributed by atoms with E-state index in [0.29, 0.717) is 0 Å². The fourth-order valence-corrected chi connectivity index (χ4v) is 2.75. The molecule has 120 valence electrons. The van der Waals surface area contributed by atoms with E-state index in [-0.39, 0.29) is 34.9 Å². The van der Waals surface area contributed by atoms with Gasteiger partial charge in [0.25, 0.3) is 0 Å². The smallest absolute Gasteiger partial charge is 0.341 e. The Labute approximate surface area is 128 Å². The van der Waals surface area contributed by atoms with Crippen LogP contribution in [0.15, 0.2) is 17.1 Å². The normalized spacial score (nSPS) is 16.2. The molecule has 0 fully saturated rings. The van der Waals surface area contributed by atoms with Crippen molar-refractivity contribution in [1.82, 2.24) is 4.57 Å². The Hall–Kier alpha value is -2.90. The number of hydrogen-bond donors (Lipinski definition) is 2. The van der Waals surface area contributed by atoms with Crippen LogP contribution in [0.3, 0.4) is 0 Å². The summed E-state index contributed by atoms with van der Waals surface area (Å²) in [7, 11) is 0. The molecule has 1 atom stereocenters. The fraction of sp³-hybridized carbons (Fsp3) is 0.267. The van der Waals surface area contributed by atoms with Crippen molar-refractivity contribution >= 4 is 22.8 Å². The highest BCUT2D eigenvalue weighted by Crippen LogP contribution is 2.36. The van der Waals surface area contributed by atoms with Crippen molar-refractivity contribution in [3.05, 3.63) is 39.4 Å². The van der Waals surface area contributed by atoms with Gasteiger partial charge in [-0.05, 0) is 13.0 Å². The lowest BCUT2D eigenvalue weighted by molar-refractivity contribution is -0.136. The summed E-state index contributed by atoms with van der Waals surface area (Å²) in [6.45, 7) is 1.86. The van der Waals surface area contributed by atoms with Gasteiger partial charge in [0.2, 0.25) is 5.43 Å². The number of benzene rings is 1. The zero-order valence-electron chi connectivity index (χ0n) is 12.0. The van der Waals surface area contributed by atoms with Gasteiger partial charge in [0.15, 0.2) is 5.75 Å². The van der Waals surface area contributed by atoms with Gasteiger partial charge in [-0.3, -0.25) is 9.59 Å². The zero-order chi connectivity index (χ0) is 16.9. The number of carboxylic acid groups (broad SMARTS) is 2. The van der Waals surface area contributed by atoms with Crippen molar-refractivity contribution < 1.29 is 28.9 Å². The van der Waals surface area contributed by atoms with E-state index in [2.05, 4.69) is 0 Å². The van der Waals surface area contributed by atoms with Crippen LogP contribution in [-0.2, 0) is 11.2 Å². The lowest BCUT2D eigenvalue weighted by atomic mass is 10.0. The van der Waals surface area contributed by atoms with Gasteiger partial charge in [-0.25, -0.2) is 9.18 Å². The number of aromatic carboxylic acids is 1. The third kappa shape index (κ3) is 2.23. The summed E-state index contributed by atoms with van der Waals surface area (Å²) in [5.41, 5.74) is -1.24. The van der Waals surface area contributed by atoms with Gasteiger partial charge in [0, 0.05) is 11.8 Å². The first-order valence-corrected chi connectivity index (χ1v) is 6.79. The molecule has 3 rings (SSSR count). The molecule has 0 amide bonds. The van der Waals surface area contributed by atoms with E-state index in [0.717, 1.165) is 6.07 Å². The second-order valence-corrected chi connectivity index (χ2v) is 5.38. The van der Waals surface area contributed by atoms with Crippen LogP contribution >= 0.6 is 0 Å². The van der Waals surface area contributed by atoms with Crippen LogP contribution in [0.1, 0.15) is 28.9 Å². The lowest BCUT2D eigenvalue weighted by Crippen LogP contribution is -2.27. The summed E-state index contributed by atoms with van der Waals surface area (Å²) in [4.78, 5) is 34.4. The van der Waals surface area contributed by atoms with Crippen LogP contribution in [0.25, 0.3) is 10.9 Å². The average Bonchev–Trinajstić information content (AvgIpc) is 2.46. The molecule has 8 heteroatoms. The third-order valence-electron chi connectivity index (χ3n) is 3.82. The van der Waals surface area contributed by atoms with Crippen molar-refractivity contribution in [2.45, 2.75) is 19.4 Å². The van der Waals surface area contributed by atoms with E-state index in [4.69, 9.17) is 14.9 Å². The number of ether oxygens (including phenoxy) is 1. The fourth-order valence-electron chi connectivity index (χ4n) is 2.75. The minimum atomic E-state index is -1.41. The highest BCUT2D eigenvalue weighted by molar-refractivity contribution is 5.95.